The molecule has 0 amide bonds. The zero-order valence-corrected chi connectivity index (χ0v) is 9.75. The van der Waals surface area contributed by atoms with Crippen molar-refractivity contribution in [2.45, 2.75) is 0 Å². The Bertz CT molecular complexity index is 755. The van der Waals surface area contributed by atoms with E-state index in [1.54, 1.807) is 6.07 Å². The lowest BCUT2D eigenvalue weighted by Crippen LogP contribution is -1.95. The summed E-state index contributed by atoms with van der Waals surface area (Å²) < 4.78 is 1.95. The Morgan fingerprint density at radius 1 is 1.35 bits per heavy atom. The fraction of sp³-hybridized carbons (Fsp3) is 0.0833. The summed E-state index contributed by atoms with van der Waals surface area (Å²) in [5, 5.41) is 10.5. The van der Waals surface area contributed by atoms with Gasteiger partial charge in [-0.05, 0) is 24.3 Å². The zero-order chi connectivity index (χ0) is 12.2. The van der Waals surface area contributed by atoms with E-state index in [1.165, 1.54) is 0 Å². The van der Waals surface area contributed by atoms with Gasteiger partial charge >= 0.3 is 5.97 Å². The summed E-state index contributed by atoms with van der Waals surface area (Å²) in [6, 6.07) is 7.21. The molecule has 17 heavy (non-hydrogen) atoms. The largest absolute Gasteiger partial charge is 0.477 e. The Morgan fingerprint density at radius 3 is 2.82 bits per heavy atom. The standard InChI is InChI=1S/C12H9ClN2O2/c1-15-9-3-2-6(13)4-7(9)11-10(15)5-8(14-11)12(16)17/h2-5,14H,1H3,(H,16,17). The van der Waals surface area contributed by atoms with E-state index in [1.807, 2.05) is 29.8 Å². The van der Waals surface area contributed by atoms with Gasteiger partial charge in [0.15, 0.2) is 0 Å². The van der Waals surface area contributed by atoms with Gasteiger partial charge in [-0.15, -0.1) is 0 Å². The summed E-state index contributed by atoms with van der Waals surface area (Å²) in [4.78, 5) is 13.8. The number of nitrogens with zero attached hydrogens (tertiary/aromatic N) is 1. The van der Waals surface area contributed by atoms with Crippen LogP contribution >= 0.6 is 11.6 Å². The minimum Gasteiger partial charge on any atom is -0.477 e. The molecule has 2 aromatic heterocycles. The van der Waals surface area contributed by atoms with Gasteiger partial charge in [0.1, 0.15) is 5.69 Å². The normalized spacial score (nSPS) is 11.4. The maximum Gasteiger partial charge on any atom is 0.352 e. The van der Waals surface area contributed by atoms with E-state index in [4.69, 9.17) is 16.7 Å². The number of carboxylic acid groups (broad SMARTS) is 1. The molecule has 4 nitrogen and oxygen atoms in total. The average Bonchev–Trinajstić information content (AvgIpc) is 2.80. The fourth-order valence-electron chi connectivity index (χ4n) is 2.16. The van der Waals surface area contributed by atoms with Gasteiger partial charge in [-0.3, -0.25) is 0 Å². The zero-order valence-electron chi connectivity index (χ0n) is 8.99. The molecule has 0 spiro atoms. The first kappa shape index (κ1) is 10.2. The van der Waals surface area contributed by atoms with Gasteiger partial charge in [0.05, 0.1) is 16.6 Å². The minimum absolute atomic E-state index is 0.187. The predicted octanol–water partition coefficient (Wildman–Crippen LogP) is 3.01. The highest BCUT2D eigenvalue weighted by molar-refractivity contribution is 6.31. The summed E-state index contributed by atoms with van der Waals surface area (Å²) in [7, 11) is 1.90. The summed E-state index contributed by atoms with van der Waals surface area (Å²) in [5.41, 5.74) is 2.88. The highest BCUT2D eigenvalue weighted by Crippen LogP contribution is 2.30. The average molecular weight is 249 g/mol. The first-order valence-corrected chi connectivity index (χ1v) is 5.45. The molecular formula is C12H9ClN2O2. The second-order valence-corrected chi connectivity index (χ2v) is 4.41. The van der Waals surface area contributed by atoms with E-state index in [-0.39, 0.29) is 5.69 Å². The number of aromatic amines is 1. The Hall–Kier alpha value is -1.94. The minimum atomic E-state index is -0.962. The van der Waals surface area contributed by atoms with Crippen LogP contribution in [0.3, 0.4) is 0 Å². The number of hydrogen-bond acceptors (Lipinski definition) is 1. The van der Waals surface area contributed by atoms with Crippen molar-refractivity contribution < 1.29 is 9.90 Å². The lowest BCUT2D eigenvalue weighted by atomic mass is 10.2. The molecule has 0 aliphatic heterocycles. The molecule has 2 N–H and O–H groups in total. The number of carbonyl (C=O) groups is 1. The maximum atomic E-state index is 10.9. The van der Waals surface area contributed by atoms with Crippen LogP contribution in [0.25, 0.3) is 21.9 Å². The first-order valence-electron chi connectivity index (χ1n) is 5.08. The molecule has 0 aliphatic rings. The number of rotatable bonds is 1. The number of aryl methyl sites for hydroxylation is 1. The van der Waals surface area contributed by atoms with Gasteiger partial charge in [-0.2, -0.15) is 0 Å². The summed E-state index contributed by atoms with van der Waals surface area (Å²) >= 11 is 5.96. The molecule has 0 unspecified atom stereocenters. The maximum absolute atomic E-state index is 10.9. The third kappa shape index (κ3) is 1.34. The first-order chi connectivity index (χ1) is 8.08. The molecular weight excluding hydrogens is 240 g/mol. The fourth-order valence-corrected chi connectivity index (χ4v) is 2.33. The van der Waals surface area contributed by atoms with Gasteiger partial charge in [0, 0.05) is 17.5 Å². The van der Waals surface area contributed by atoms with Crippen molar-refractivity contribution in [3.05, 3.63) is 35.0 Å². The van der Waals surface area contributed by atoms with Crippen LogP contribution in [-0.2, 0) is 7.05 Å². The molecule has 0 atom stereocenters. The number of aromatic carboxylic acids is 1. The van der Waals surface area contributed by atoms with E-state index in [0.717, 1.165) is 21.9 Å². The van der Waals surface area contributed by atoms with E-state index < -0.39 is 5.97 Å². The molecule has 0 bridgehead atoms. The number of nitrogens with one attached hydrogen (secondary N) is 1. The molecule has 1 aromatic carbocycles. The Morgan fingerprint density at radius 2 is 2.12 bits per heavy atom. The van der Waals surface area contributed by atoms with E-state index in [2.05, 4.69) is 4.98 Å². The molecule has 86 valence electrons. The van der Waals surface area contributed by atoms with Crippen molar-refractivity contribution in [2.24, 2.45) is 7.05 Å². The van der Waals surface area contributed by atoms with Crippen molar-refractivity contribution in [3.8, 4) is 0 Å². The van der Waals surface area contributed by atoms with Gasteiger partial charge in [0.2, 0.25) is 0 Å². The monoisotopic (exact) mass is 248 g/mol. The van der Waals surface area contributed by atoms with Crippen molar-refractivity contribution in [3.63, 3.8) is 0 Å². The van der Waals surface area contributed by atoms with Crippen molar-refractivity contribution in [1.29, 1.82) is 0 Å². The molecule has 3 rings (SSSR count). The highest BCUT2D eigenvalue weighted by Gasteiger charge is 2.14. The van der Waals surface area contributed by atoms with Gasteiger partial charge in [-0.1, -0.05) is 11.6 Å². The van der Waals surface area contributed by atoms with E-state index in [0.29, 0.717) is 5.02 Å². The number of carboxylic acids is 1. The predicted molar refractivity (Wildman–Crippen MR) is 66.7 cm³/mol. The number of H-pyrrole nitrogens is 1. The van der Waals surface area contributed by atoms with Gasteiger partial charge in [0.25, 0.3) is 0 Å². The van der Waals surface area contributed by atoms with Crippen molar-refractivity contribution >= 4 is 39.5 Å². The third-order valence-electron chi connectivity index (χ3n) is 2.98. The van der Waals surface area contributed by atoms with Crippen LogP contribution < -0.4 is 0 Å². The SMILES string of the molecule is Cn1c2ccc(Cl)cc2c2[nH]c(C(=O)O)cc21. The summed E-state index contributed by atoms with van der Waals surface area (Å²) in [6.45, 7) is 0. The van der Waals surface area contributed by atoms with Crippen molar-refractivity contribution in [2.75, 3.05) is 0 Å². The molecule has 0 radical (unpaired) electrons. The van der Waals surface area contributed by atoms with Gasteiger partial charge in [-0.25, -0.2) is 4.79 Å². The van der Waals surface area contributed by atoms with Crippen LogP contribution in [0, 0.1) is 0 Å². The lowest BCUT2D eigenvalue weighted by Gasteiger charge is -1.97. The smallest absolute Gasteiger partial charge is 0.352 e. The highest BCUT2D eigenvalue weighted by atomic mass is 35.5. The second kappa shape index (κ2) is 3.28. The Labute approximate surface area is 101 Å². The van der Waals surface area contributed by atoms with Gasteiger partial charge < -0.3 is 14.7 Å². The third-order valence-corrected chi connectivity index (χ3v) is 3.21. The van der Waals surface area contributed by atoms with Crippen LogP contribution in [0.2, 0.25) is 5.02 Å². The molecule has 5 heteroatoms. The number of fused-ring (bicyclic) bond motifs is 3. The van der Waals surface area contributed by atoms with E-state index >= 15 is 0 Å². The summed E-state index contributed by atoms with van der Waals surface area (Å²) in [5.74, 6) is -0.962. The second-order valence-electron chi connectivity index (χ2n) is 3.97. The Balaban J connectivity index is 2.48. The number of halogens is 1. The molecule has 3 aromatic rings. The molecule has 0 aliphatic carbocycles. The molecule has 2 heterocycles. The summed E-state index contributed by atoms with van der Waals surface area (Å²) in [6.07, 6.45) is 0. The number of benzene rings is 1. The quantitative estimate of drug-likeness (QED) is 0.695. The lowest BCUT2D eigenvalue weighted by molar-refractivity contribution is 0.0691. The van der Waals surface area contributed by atoms with E-state index in [9.17, 15) is 4.79 Å². The molecule has 0 saturated carbocycles. The van der Waals surface area contributed by atoms with Crippen LogP contribution in [0.1, 0.15) is 10.5 Å². The number of hydrogen-bond donors (Lipinski definition) is 2. The molecule has 0 saturated heterocycles. The topological polar surface area (TPSA) is 58.0 Å². The van der Waals surface area contributed by atoms with Crippen molar-refractivity contribution in [1.82, 2.24) is 9.55 Å². The van der Waals surface area contributed by atoms with Crippen LogP contribution in [0.5, 0.6) is 0 Å². The van der Waals surface area contributed by atoms with Crippen LogP contribution in [0.4, 0.5) is 0 Å². The van der Waals surface area contributed by atoms with Crippen LogP contribution in [0.15, 0.2) is 24.3 Å². The van der Waals surface area contributed by atoms with Crippen LogP contribution in [-0.4, -0.2) is 20.6 Å². The Kier molecular flexibility index (Phi) is 1.97. The molecule has 0 fully saturated rings. The number of aromatic nitrogens is 2.